The number of anilines is 1. The quantitative estimate of drug-likeness (QED) is 0.699. The monoisotopic (exact) mass is 402 g/mol. The molecule has 1 heterocycles. The van der Waals surface area contributed by atoms with E-state index in [-0.39, 0.29) is 17.1 Å². The predicted molar refractivity (Wildman–Crippen MR) is 108 cm³/mol. The Kier molecular flexibility index (Phi) is 5.14. The average Bonchev–Trinajstić information content (AvgIpc) is 2.87. The van der Waals surface area contributed by atoms with Crippen molar-refractivity contribution < 1.29 is 13.2 Å². The first-order valence-corrected chi connectivity index (χ1v) is 10.0. The van der Waals surface area contributed by atoms with Crippen LogP contribution in [0.15, 0.2) is 52.2 Å². The van der Waals surface area contributed by atoms with Crippen LogP contribution in [0.5, 0.6) is 0 Å². The highest BCUT2D eigenvalue weighted by molar-refractivity contribution is 7.89. The first-order chi connectivity index (χ1) is 13.1. The van der Waals surface area contributed by atoms with E-state index in [1.807, 2.05) is 19.1 Å². The average molecular weight is 402 g/mol. The molecular weight excluding hydrogens is 380 g/mol. The summed E-state index contributed by atoms with van der Waals surface area (Å²) in [6.07, 6.45) is 0. The van der Waals surface area contributed by atoms with Gasteiger partial charge in [0.05, 0.1) is 22.5 Å². The maximum absolute atomic E-state index is 12.9. The molecule has 0 aliphatic heterocycles. The second-order valence-electron chi connectivity index (χ2n) is 6.73. The number of aryl methyl sites for hydroxylation is 3. The molecule has 0 fully saturated rings. The number of fused-ring (bicyclic) bond motifs is 1. The molecule has 0 atom stereocenters. The van der Waals surface area contributed by atoms with Crippen molar-refractivity contribution in [3.63, 3.8) is 0 Å². The van der Waals surface area contributed by atoms with E-state index in [2.05, 4.69) is 5.32 Å². The molecule has 9 heteroatoms. The van der Waals surface area contributed by atoms with Gasteiger partial charge in [0.2, 0.25) is 15.9 Å². The molecule has 8 nitrogen and oxygen atoms in total. The second-order valence-corrected chi connectivity index (χ2v) is 8.77. The molecule has 0 spiro atoms. The maximum atomic E-state index is 12.9. The Hall–Kier alpha value is -2.91. The molecule has 28 heavy (non-hydrogen) atoms. The topological polar surface area (TPSA) is 93.4 Å². The fourth-order valence-corrected chi connectivity index (χ4v) is 4.10. The third kappa shape index (κ3) is 3.58. The second kappa shape index (κ2) is 7.25. The molecule has 0 bridgehead atoms. The summed E-state index contributed by atoms with van der Waals surface area (Å²) >= 11 is 0. The van der Waals surface area contributed by atoms with Crippen LogP contribution in [0, 0.1) is 6.92 Å². The summed E-state index contributed by atoms with van der Waals surface area (Å²) in [5.41, 5.74) is 2.55. The van der Waals surface area contributed by atoms with Gasteiger partial charge >= 0.3 is 5.69 Å². The lowest BCUT2D eigenvalue weighted by Crippen LogP contribution is -2.35. The number of nitrogens with zero attached hydrogens (tertiary/aromatic N) is 3. The lowest BCUT2D eigenvalue weighted by atomic mass is 10.2. The number of hydrogen-bond donors (Lipinski definition) is 1. The van der Waals surface area contributed by atoms with Crippen LogP contribution in [0.3, 0.4) is 0 Å². The van der Waals surface area contributed by atoms with E-state index in [1.54, 1.807) is 32.3 Å². The minimum Gasteiger partial charge on any atom is -0.325 e. The Bertz CT molecular complexity index is 1210. The fourth-order valence-electron chi connectivity index (χ4n) is 2.95. The van der Waals surface area contributed by atoms with Crippen LogP contribution < -0.4 is 11.0 Å². The summed E-state index contributed by atoms with van der Waals surface area (Å²) < 4.78 is 29.5. The molecule has 0 radical (unpaired) electrons. The van der Waals surface area contributed by atoms with Gasteiger partial charge in [0.25, 0.3) is 0 Å². The van der Waals surface area contributed by atoms with Gasteiger partial charge in [-0.25, -0.2) is 13.2 Å². The molecule has 3 aromatic rings. The molecule has 0 aliphatic carbocycles. The summed E-state index contributed by atoms with van der Waals surface area (Å²) in [4.78, 5) is 24.3. The Morgan fingerprint density at radius 3 is 2.29 bits per heavy atom. The van der Waals surface area contributed by atoms with Gasteiger partial charge in [-0.2, -0.15) is 4.31 Å². The lowest BCUT2D eigenvalue weighted by Gasteiger charge is -2.17. The molecule has 1 amide bonds. The minimum absolute atomic E-state index is 0.0202. The highest BCUT2D eigenvalue weighted by Gasteiger charge is 2.24. The van der Waals surface area contributed by atoms with Gasteiger partial charge in [-0.05, 0) is 37.3 Å². The van der Waals surface area contributed by atoms with Gasteiger partial charge in [-0.15, -0.1) is 0 Å². The standard InChI is InChI=1S/C19H22N4O4S/c1-13-5-7-14(8-6-13)20-18(24)12-21(2)28(26,27)15-9-10-16-17(11-15)23(4)19(25)22(16)3/h5-11H,12H2,1-4H3,(H,20,24). The van der Waals surface area contributed by atoms with Gasteiger partial charge in [0.15, 0.2) is 0 Å². The van der Waals surface area contributed by atoms with E-state index < -0.39 is 15.9 Å². The van der Waals surface area contributed by atoms with Crippen LogP contribution >= 0.6 is 0 Å². The van der Waals surface area contributed by atoms with Gasteiger partial charge in [0.1, 0.15) is 0 Å². The number of rotatable bonds is 5. The summed E-state index contributed by atoms with van der Waals surface area (Å²) in [6.45, 7) is 1.60. The van der Waals surface area contributed by atoms with Crippen molar-refractivity contribution in [2.75, 3.05) is 18.9 Å². The largest absolute Gasteiger partial charge is 0.328 e. The van der Waals surface area contributed by atoms with Crippen LogP contribution in [0.25, 0.3) is 11.0 Å². The maximum Gasteiger partial charge on any atom is 0.328 e. The number of sulfonamides is 1. The zero-order valence-electron chi connectivity index (χ0n) is 16.1. The highest BCUT2D eigenvalue weighted by Crippen LogP contribution is 2.20. The van der Waals surface area contributed by atoms with E-state index in [0.717, 1.165) is 9.87 Å². The van der Waals surface area contributed by atoms with Crippen molar-refractivity contribution in [2.45, 2.75) is 11.8 Å². The van der Waals surface area contributed by atoms with Crippen LogP contribution in [-0.2, 0) is 28.9 Å². The molecular formula is C19H22N4O4S. The Morgan fingerprint density at radius 1 is 1.04 bits per heavy atom. The number of nitrogens with one attached hydrogen (secondary N) is 1. The van der Waals surface area contributed by atoms with E-state index in [9.17, 15) is 18.0 Å². The minimum atomic E-state index is -3.90. The van der Waals surface area contributed by atoms with Crippen LogP contribution in [0.4, 0.5) is 5.69 Å². The molecule has 0 aliphatic rings. The Balaban J connectivity index is 1.82. The van der Waals surface area contributed by atoms with Gasteiger partial charge in [-0.1, -0.05) is 17.7 Å². The van der Waals surface area contributed by atoms with Gasteiger partial charge in [0, 0.05) is 26.8 Å². The molecule has 148 valence electrons. The van der Waals surface area contributed by atoms with E-state index in [1.165, 1.54) is 28.3 Å². The number of imidazole rings is 1. The number of aromatic nitrogens is 2. The zero-order valence-corrected chi connectivity index (χ0v) is 16.9. The van der Waals surface area contributed by atoms with Crippen molar-refractivity contribution >= 4 is 32.7 Å². The van der Waals surface area contributed by atoms with Crippen LogP contribution in [0.2, 0.25) is 0 Å². The number of carbonyl (C=O) groups excluding carboxylic acids is 1. The van der Waals surface area contributed by atoms with Crippen LogP contribution in [-0.4, -0.2) is 41.4 Å². The van der Waals surface area contributed by atoms with Crippen molar-refractivity contribution in [1.82, 2.24) is 13.4 Å². The van der Waals surface area contributed by atoms with Crippen molar-refractivity contribution in [1.29, 1.82) is 0 Å². The zero-order chi connectivity index (χ0) is 20.6. The highest BCUT2D eigenvalue weighted by atomic mass is 32.2. The molecule has 0 unspecified atom stereocenters. The summed E-state index contributed by atoms with van der Waals surface area (Å²) in [5, 5.41) is 2.68. The molecule has 2 aromatic carbocycles. The van der Waals surface area contributed by atoms with Crippen molar-refractivity contribution in [3.8, 4) is 0 Å². The molecule has 0 saturated heterocycles. The van der Waals surface area contributed by atoms with E-state index in [4.69, 9.17) is 0 Å². The molecule has 3 rings (SSSR count). The Morgan fingerprint density at radius 2 is 1.64 bits per heavy atom. The number of carbonyl (C=O) groups is 1. The molecule has 1 N–H and O–H groups in total. The van der Waals surface area contributed by atoms with Gasteiger partial charge < -0.3 is 5.32 Å². The molecule has 0 saturated carbocycles. The first-order valence-electron chi connectivity index (χ1n) is 8.59. The van der Waals surface area contributed by atoms with E-state index in [0.29, 0.717) is 16.7 Å². The summed E-state index contributed by atoms with van der Waals surface area (Å²) in [6, 6.07) is 11.7. The smallest absolute Gasteiger partial charge is 0.325 e. The Labute approximate surface area is 163 Å². The van der Waals surface area contributed by atoms with Crippen molar-refractivity contribution in [2.24, 2.45) is 14.1 Å². The summed E-state index contributed by atoms with van der Waals surface area (Å²) in [7, 11) is 0.657. The third-order valence-electron chi connectivity index (χ3n) is 4.65. The normalized spacial score (nSPS) is 11.9. The number of amides is 1. The summed E-state index contributed by atoms with van der Waals surface area (Å²) in [5.74, 6) is -0.442. The SMILES string of the molecule is Cc1ccc(NC(=O)CN(C)S(=O)(=O)c2ccc3c(c2)n(C)c(=O)n3C)cc1. The number of likely N-dealkylation sites (N-methyl/N-ethyl adjacent to an activating group) is 1. The number of benzene rings is 2. The van der Waals surface area contributed by atoms with Gasteiger partial charge in [-0.3, -0.25) is 13.9 Å². The van der Waals surface area contributed by atoms with Crippen molar-refractivity contribution in [3.05, 3.63) is 58.5 Å². The van der Waals surface area contributed by atoms with E-state index >= 15 is 0 Å². The third-order valence-corrected chi connectivity index (χ3v) is 6.45. The number of hydrogen-bond acceptors (Lipinski definition) is 4. The first kappa shape index (κ1) is 19.8. The molecule has 1 aromatic heterocycles. The fraction of sp³-hybridized carbons (Fsp3) is 0.263. The lowest BCUT2D eigenvalue weighted by molar-refractivity contribution is -0.116. The van der Waals surface area contributed by atoms with Crippen LogP contribution in [0.1, 0.15) is 5.56 Å². The predicted octanol–water partition coefficient (Wildman–Crippen LogP) is 1.44.